The van der Waals surface area contributed by atoms with Crippen LogP contribution in [0.3, 0.4) is 0 Å². The molecule has 3 unspecified atom stereocenters. The van der Waals surface area contributed by atoms with Crippen molar-refractivity contribution in [2.24, 2.45) is 0 Å². The molecule has 150 valence electrons. The first-order chi connectivity index (χ1) is 13.8. The maximum Gasteiger partial charge on any atom is 0.257 e. The average Bonchev–Trinajstić information content (AvgIpc) is 3.24. The maximum absolute atomic E-state index is 6.15. The largest absolute Gasteiger partial charge is 0.480 e. The molecule has 1 aromatic heterocycles. The molecule has 0 saturated carbocycles. The predicted octanol–water partition coefficient (Wildman–Crippen LogP) is 4.84. The van der Waals surface area contributed by atoms with Crippen molar-refractivity contribution in [3.05, 3.63) is 40.6 Å². The quantitative estimate of drug-likeness (QED) is 0.730. The van der Waals surface area contributed by atoms with Crippen LogP contribution in [0.15, 0.2) is 22.6 Å². The molecule has 7 heteroatoms. The van der Waals surface area contributed by atoms with Crippen molar-refractivity contribution in [2.75, 3.05) is 13.2 Å². The van der Waals surface area contributed by atoms with Gasteiger partial charge in [0.2, 0.25) is 5.89 Å². The first-order valence-corrected chi connectivity index (χ1v) is 10.8. The zero-order chi connectivity index (χ0) is 18.9. The molecule has 1 aromatic carbocycles. The molecule has 0 bridgehead atoms. The Kier molecular flexibility index (Phi) is 5.26. The van der Waals surface area contributed by atoms with Gasteiger partial charge in [-0.25, -0.2) is 0 Å². The molecule has 6 nitrogen and oxygen atoms in total. The van der Waals surface area contributed by atoms with Crippen LogP contribution in [0, 0.1) is 0 Å². The van der Waals surface area contributed by atoms with Crippen molar-refractivity contribution < 1.29 is 13.9 Å². The molecule has 0 amide bonds. The standard InChI is InChI=1S/C21H26ClN3O3/c22-15-8-10-17-14(13-15)7-9-18(27-17)21-24-23-20(28-21)16-5-1-3-11-25(16)19-6-2-4-12-26-19/h8,10,13,16,18-19H,1-7,9,11-12H2. The highest BCUT2D eigenvalue weighted by Crippen LogP contribution is 2.38. The van der Waals surface area contributed by atoms with E-state index in [4.69, 9.17) is 25.5 Å². The first kappa shape index (κ1) is 18.4. The lowest BCUT2D eigenvalue weighted by Crippen LogP contribution is -2.44. The molecule has 0 radical (unpaired) electrons. The van der Waals surface area contributed by atoms with Crippen LogP contribution in [0.5, 0.6) is 5.75 Å². The van der Waals surface area contributed by atoms with Gasteiger partial charge in [-0.1, -0.05) is 18.0 Å². The minimum absolute atomic E-state index is 0.146. The summed E-state index contributed by atoms with van der Waals surface area (Å²) in [5.74, 6) is 2.13. The number of fused-ring (bicyclic) bond motifs is 1. The molecule has 0 aliphatic carbocycles. The molecule has 3 atom stereocenters. The van der Waals surface area contributed by atoms with Gasteiger partial charge in [-0.3, -0.25) is 4.90 Å². The summed E-state index contributed by atoms with van der Waals surface area (Å²) >= 11 is 6.09. The van der Waals surface area contributed by atoms with Gasteiger partial charge in [0, 0.05) is 18.2 Å². The maximum atomic E-state index is 6.15. The summed E-state index contributed by atoms with van der Waals surface area (Å²) in [5, 5.41) is 9.50. The van der Waals surface area contributed by atoms with Crippen LogP contribution in [0.1, 0.15) is 74.4 Å². The summed E-state index contributed by atoms with van der Waals surface area (Å²) < 4.78 is 18.3. The summed E-state index contributed by atoms with van der Waals surface area (Å²) in [6, 6.07) is 5.89. The number of hydrogen-bond acceptors (Lipinski definition) is 6. The third-order valence-corrected chi connectivity index (χ3v) is 6.29. The summed E-state index contributed by atoms with van der Waals surface area (Å²) in [4.78, 5) is 2.43. The number of nitrogens with zero attached hydrogens (tertiary/aromatic N) is 3. The number of ether oxygens (including phenoxy) is 2. The number of aryl methyl sites for hydroxylation is 1. The van der Waals surface area contributed by atoms with E-state index in [9.17, 15) is 0 Å². The first-order valence-electron chi connectivity index (χ1n) is 10.4. The lowest BCUT2D eigenvalue weighted by Gasteiger charge is -2.40. The van der Waals surface area contributed by atoms with Gasteiger partial charge in [-0.05, 0) is 68.7 Å². The molecule has 3 aliphatic rings. The number of rotatable bonds is 3. The van der Waals surface area contributed by atoms with Gasteiger partial charge in [0.25, 0.3) is 5.89 Å². The molecular weight excluding hydrogens is 378 g/mol. The zero-order valence-electron chi connectivity index (χ0n) is 16.0. The molecular formula is C21H26ClN3O3. The average molecular weight is 404 g/mol. The van der Waals surface area contributed by atoms with E-state index in [-0.39, 0.29) is 18.4 Å². The zero-order valence-corrected chi connectivity index (χ0v) is 16.7. The molecule has 3 aliphatic heterocycles. The highest BCUT2D eigenvalue weighted by Gasteiger charge is 2.36. The topological polar surface area (TPSA) is 60.6 Å². The Balaban J connectivity index is 1.33. The Bertz CT molecular complexity index is 821. The van der Waals surface area contributed by atoms with E-state index in [0.29, 0.717) is 11.8 Å². The summed E-state index contributed by atoms with van der Waals surface area (Å²) in [7, 11) is 0. The van der Waals surface area contributed by atoms with Crippen LogP contribution in [-0.2, 0) is 11.2 Å². The van der Waals surface area contributed by atoms with E-state index < -0.39 is 0 Å². The van der Waals surface area contributed by atoms with Crippen molar-refractivity contribution in [1.29, 1.82) is 0 Å². The minimum Gasteiger partial charge on any atom is -0.480 e. The predicted molar refractivity (Wildman–Crippen MR) is 104 cm³/mol. The number of likely N-dealkylation sites (tertiary alicyclic amines) is 1. The monoisotopic (exact) mass is 403 g/mol. The third-order valence-electron chi connectivity index (χ3n) is 6.05. The van der Waals surface area contributed by atoms with Crippen LogP contribution in [0.2, 0.25) is 5.02 Å². The van der Waals surface area contributed by atoms with Gasteiger partial charge in [-0.2, -0.15) is 0 Å². The SMILES string of the molecule is Clc1ccc2c(c1)CCC(c1nnc(C3CCCCN3C3CCCCO3)o1)O2. The number of benzene rings is 1. The normalized spacial score (nSPS) is 28.5. The Labute approximate surface area is 170 Å². The van der Waals surface area contributed by atoms with Crippen LogP contribution in [0.4, 0.5) is 0 Å². The third kappa shape index (κ3) is 3.65. The summed E-state index contributed by atoms with van der Waals surface area (Å²) in [5.41, 5.74) is 1.14. The second kappa shape index (κ2) is 8.01. The highest BCUT2D eigenvalue weighted by molar-refractivity contribution is 6.30. The van der Waals surface area contributed by atoms with Crippen molar-refractivity contribution >= 4 is 11.6 Å². The Morgan fingerprint density at radius 3 is 2.79 bits per heavy atom. The van der Waals surface area contributed by atoms with Gasteiger partial charge in [0.05, 0.1) is 6.04 Å². The number of halogens is 1. The fourth-order valence-electron chi connectivity index (χ4n) is 4.59. The summed E-state index contributed by atoms with van der Waals surface area (Å²) in [6.45, 7) is 1.88. The number of piperidine rings is 1. The highest BCUT2D eigenvalue weighted by atomic mass is 35.5. The number of aromatic nitrogens is 2. The summed E-state index contributed by atoms with van der Waals surface area (Å²) in [6.07, 6.45) is 8.57. The van der Waals surface area contributed by atoms with Crippen molar-refractivity contribution in [2.45, 2.75) is 69.7 Å². The molecule has 0 N–H and O–H groups in total. The molecule has 28 heavy (non-hydrogen) atoms. The molecule has 2 saturated heterocycles. The van der Waals surface area contributed by atoms with Crippen molar-refractivity contribution in [3.8, 4) is 5.75 Å². The van der Waals surface area contributed by atoms with Crippen molar-refractivity contribution in [1.82, 2.24) is 15.1 Å². The molecule has 4 heterocycles. The second-order valence-electron chi connectivity index (χ2n) is 7.95. The van der Waals surface area contributed by atoms with E-state index in [1.165, 1.54) is 19.3 Å². The van der Waals surface area contributed by atoms with Crippen LogP contribution < -0.4 is 4.74 Å². The van der Waals surface area contributed by atoms with E-state index in [2.05, 4.69) is 15.1 Å². The molecule has 2 fully saturated rings. The Morgan fingerprint density at radius 2 is 1.89 bits per heavy atom. The second-order valence-corrected chi connectivity index (χ2v) is 8.38. The lowest BCUT2D eigenvalue weighted by molar-refractivity contribution is -0.116. The smallest absolute Gasteiger partial charge is 0.257 e. The Hall–Kier alpha value is -1.63. The van der Waals surface area contributed by atoms with Crippen molar-refractivity contribution in [3.63, 3.8) is 0 Å². The fraction of sp³-hybridized carbons (Fsp3) is 0.619. The molecule has 5 rings (SSSR count). The van der Waals surface area contributed by atoms with Crippen LogP contribution in [-0.4, -0.2) is 34.5 Å². The van der Waals surface area contributed by atoms with Gasteiger partial charge >= 0.3 is 0 Å². The van der Waals surface area contributed by atoms with Gasteiger partial charge in [0.1, 0.15) is 12.0 Å². The van der Waals surface area contributed by atoms with E-state index in [1.807, 2.05) is 18.2 Å². The van der Waals surface area contributed by atoms with E-state index in [0.717, 1.165) is 61.6 Å². The number of hydrogen-bond donors (Lipinski definition) is 0. The van der Waals surface area contributed by atoms with Gasteiger partial charge < -0.3 is 13.9 Å². The fourth-order valence-corrected chi connectivity index (χ4v) is 4.79. The lowest BCUT2D eigenvalue weighted by atomic mass is 10.00. The van der Waals surface area contributed by atoms with Crippen LogP contribution >= 0.6 is 11.6 Å². The van der Waals surface area contributed by atoms with Gasteiger partial charge in [-0.15, -0.1) is 10.2 Å². The molecule has 0 spiro atoms. The van der Waals surface area contributed by atoms with E-state index in [1.54, 1.807) is 0 Å². The molecule has 2 aromatic rings. The van der Waals surface area contributed by atoms with E-state index >= 15 is 0 Å². The minimum atomic E-state index is -0.196. The van der Waals surface area contributed by atoms with Gasteiger partial charge in [0.15, 0.2) is 6.10 Å². The Morgan fingerprint density at radius 1 is 1.00 bits per heavy atom. The van der Waals surface area contributed by atoms with Crippen LogP contribution in [0.25, 0.3) is 0 Å².